The summed E-state index contributed by atoms with van der Waals surface area (Å²) in [5.41, 5.74) is 1.57. The number of halogens is 2. The minimum Gasteiger partial charge on any atom is -0.459 e. The molecule has 1 fully saturated rings. The second-order valence-corrected chi connectivity index (χ2v) is 7.93. The SMILES string of the molecule is CC1=C(C(=O)OC2CCCCCCC2)[C@@H](c2ccc(Cl)c(Cl)c2)NC(=O)N1. The van der Waals surface area contributed by atoms with Crippen molar-refractivity contribution in [3.63, 3.8) is 0 Å². The van der Waals surface area contributed by atoms with Crippen molar-refractivity contribution in [2.45, 2.75) is 64.0 Å². The van der Waals surface area contributed by atoms with Gasteiger partial charge in [0.2, 0.25) is 0 Å². The highest BCUT2D eigenvalue weighted by molar-refractivity contribution is 6.42. The maximum atomic E-state index is 13.0. The van der Waals surface area contributed by atoms with Crippen molar-refractivity contribution < 1.29 is 14.3 Å². The van der Waals surface area contributed by atoms with E-state index in [4.69, 9.17) is 27.9 Å². The zero-order chi connectivity index (χ0) is 19.4. The van der Waals surface area contributed by atoms with Gasteiger partial charge in [0.05, 0.1) is 21.7 Å². The van der Waals surface area contributed by atoms with E-state index in [1.54, 1.807) is 25.1 Å². The van der Waals surface area contributed by atoms with Crippen LogP contribution in [-0.4, -0.2) is 18.1 Å². The average molecular weight is 411 g/mol. The smallest absolute Gasteiger partial charge is 0.338 e. The molecule has 3 rings (SSSR count). The fourth-order valence-electron chi connectivity index (χ4n) is 3.66. The van der Waals surface area contributed by atoms with Gasteiger partial charge in [-0.05, 0) is 50.3 Å². The monoisotopic (exact) mass is 410 g/mol. The molecule has 0 spiro atoms. The molecule has 0 unspecified atom stereocenters. The van der Waals surface area contributed by atoms with Crippen molar-refractivity contribution in [1.82, 2.24) is 10.6 Å². The lowest BCUT2D eigenvalue weighted by atomic mass is 9.95. The lowest BCUT2D eigenvalue weighted by Gasteiger charge is -2.30. The molecule has 1 aromatic carbocycles. The summed E-state index contributed by atoms with van der Waals surface area (Å²) in [7, 11) is 0. The van der Waals surface area contributed by atoms with E-state index in [1.807, 2.05) is 0 Å². The van der Waals surface area contributed by atoms with Crippen LogP contribution in [0.25, 0.3) is 0 Å². The quantitative estimate of drug-likeness (QED) is 0.666. The van der Waals surface area contributed by atoms with Crippen LogP contribution in [0.2, 0.25) is 10.0 Å². The lowest BCUT2D eigenvalue weighted by Crippen LogP contribution is -2.45. The highest BCUT2D eigenvalue weighted by atomic mass is 35.5. The van der Waals surface area contributed by atoms with Crippen molar-refractivity contribution in [1.29, 1.82) is 0 Å². The van der Waals surface area contributed by atoms with Crippen molar-refractivity contribution in [3.05, 3.63) is 45.1 Å². The molecule has 0 radical (unpaired) electrons. The second kappa shape index (κ2) is 8.98. The number of hydrogen-bond acceptors (Lipinski definition) is 3. The molecule has 2 aliphatic rings. The van der Waals surface area contributed by atoms with Crippen LogP contribution >= 0.6 is 23.2 Å². The Bertz CT molecular complexity index is 756. The van der Waals surface area contributed by atoms with Crippen LogP contribution in [0.15, 0.2) is 29.5 Å². The summed E-state index contributed by atoms with van der Waals surface area (Å²) in [6.07, 6.45) is 7.44. The molecule has 1 saturated carbocycles. The molecule has 1 aliphatic carbocycles. The third-order valence-corrected chi connectivity index (χ3v) is 5.83. The van der Waals surface area contributed by atoms with E-state index in [9.17, 15) is 9.59 Å². The summed E-state index contributed by atoms with van der Waals surface area (Å²) < 4.78 is 5.83. The minimum absolute atomic E-state index is 0.0785. The molecule has 1 atom stereocenters. The van der Waals surface area contributed by atoms with Crippen molar-refractivity contribution >= 4 is 35.2 Å². The maximum Gasteiger partial charge on any atom is 0.338 e. The molecule has 2 N–H and O–H groups in total. The Morgan fingerprint density at radius 1 is 1.07 bits per heavy atom. The largest absolute Gasteiger partial charge is 0.459 e. The van der Waals surface area contributed by atoms with Crippen molar-refractivity contribution in [2.75, 3.05) is 0 Å². The van der Waals surface area contributed by atoms with Crippen molar-refractivity contribution in [2.24, 2.45) is 0 Å². The predicted molar refractivity (Wildman–Crippen MR) is 106 cm³/mol. The number of benzene rings is 1. The van der Waals surface area contributed by atoms with Crippen LogP contribution in [0, 0.1) is 0 Å². The zero-order valence-electron chi connectivity index (χ0n) is 15.3. The normalized spacial score (nSPS) is 21.7. The Morgan fingerprint density at radius 3 is 2.41 bits per heavy atom. The highest BCUT2D eigenvalue weighted by Crippen LogP contribution is 2.32. The van der Waals surface area contributed by atoms with Crippen molar-refractivity contribution in [3.8, 4) is 0 Å². The first-order valence-corrected chi connectivity index (χ1v) is 10.2. The fraction of sp³-hybridized carbons (Fsp3) is 0.500. The third-order valence-electron chi connectivity index (χ3n) is 5.09. The second-order valence-electron chi connectivity index (χ2n) is 7.12. The van der Waals surface area contributed by atoms with E-state index in [2.05, 4.69) is 10.6 Å². The Hall–Kier alpha value is -1.72. The number of urea groups is 1. The van der Waals surface area contributed by atoms with Crippen LogP contribution < -0.4 is 10.6 Å². The van der Waals surface area contributed by atoms with Gasteiger partial charge in [0.15, 0.2) is 0 Å². The van der Waals surface area contributed by atoms with Crippen LogP contribution in [0.4, 0.5) is 4.79 Å². The number of hydrogen-bond donors (Lipinski definition) is 2. The van der Waals surface area contributed by atoms with E-state index < -0.39 is 12.0 Å². The van der Waals surface area contributed by atoms with Crippen LogP contribution in [0.1, 0.15) is 63.5 Å². The van der Waals surface area contributed by atoms with E-state index in [-0.39, 0.29) is 12.1 Å². The first kappa shape index (κ1) is 20.0. The third kappa shape index (κ3) is 4.96. The molecule has 2 amide bonds. The summed E-state index contributed by atoms with van der Waals surface area (Å²) >= 11 is 12.1. The van der Waals surface area contributed by atoms with Gasteiger partial charge in [-0.15, -0.1) is 0 Å². The zero-order valence-corrected chi connectivity index (χ0v) is 16.8. The Kier molecular flexibility index (Phi) is 6.66. The topological polar surface area (TPSA) is 67.4 Å². The summed E-state index contributed by atoms with van der Waals surface area (Å²) in [5, 5.41) is 6.24. The number of amides is 2. The summed E-state index contributed by atoms with van der Waals surface area (Å²) in [6.45, 7) is 1.71. The minimum atomic E-state index is -0.630. The van der Waals surface area contributed by atoms with Gasteiger partial charge in [-0.2, -0.15) is 0 Å². The van der Waals surface area contributed by atoms with Gasteiger partial charge in [-0.25, -0.2) is 9.59 Å². The maximum absolute atomic E-state index is 13.0. The van der Waals surface area contributed by atoms with E-state index >= 15 is 0 Å². The number of esters is 1. The molecule has 1 heterocycles. The Balaban J connectivity index is 1.84. The summed E-state index contributed by atoms with van der Waals surface area (Å²) in [5.74, 6) is -0.401. The number of nitrogens with one attached hydrogen (secondary N) is 2. The molecule has 1 aliphatic heterocycles. The van der Waals surface area contributed by atoms with E-state index in [1.165, 1.54) is 19.3 Å². The van der Waals surface area contributed by atoms with Gasteiger partial charge in [0.1, 0.15) is 6.10 Å². The highest BCUT2D eigenvalue weighted by Gasteiger charge is 2.33. The van der Waals surface area contributed by atoms with Gasteiger partial charge >= 0.3 is 12.0 Å². The molecular weight excluding hydrogens is 387 g/mol. The average Bonchev–Trinajstić information content (AvgIpc) is 2.58. The molecule has 27 heavy (non-hydrogen) atoms. The van der Waals surface area contributed by atoms with Crippen LogP contribution in [0.3, 0.4) is 0 Å². The Morgan fingerprint density at radius 2 is 1.74 bits per heavy atom. The van der Waals surface area contributed by atoms with Gasteiger partial charge in [-0.1, -0.05) is 48.5 Å². The number of carbonyl (C=O) groups excluding carboxylic acids is 2. The molecule has 7 heteroatoms. The van der Waals surface area contributed by atoms with E-state index in [0.717, 1.165) is 25.7 Å². The Labute approximate surface area is 169 Å². The molecular formula is C20H24Cl2N2O3. The molecule has 146 valence electrons. The van der Waals surface area contributed by atoms with Crippen LogP contribution in [0.5, 0.6) is 0 Å². The number of ether oxygens (including phenoxy) is 1. The van der Waals surface area contributed by atoms with Gasteiger partial charge in [-0.3, -0.25) is 0 Å². The van der Waals surface area contributed by atoms with Crippen LogP contribution in [-0.2, 0) is 9.53 Å². The molecule has 1 aromatic rings. The fourth-order valence-corrected chi connectivity index (χ4v) is 3.96. The molecule has 0 bridgehead atoms. The first-order valence-electron chi connectivity index (χ1n) is 9.40. The lowest BCUT2D eigenvalue weighted by molar-refractivity contribution is -0.145. The molecule has 0 aromatic heterocycles. The van der Waals surface area contributed by atoms with Gasteiger partial charge < -0.3 is 15.4 Å². The molecule has 5 nitrogen and oxygen atoms in total. The van der Waals surface area contributed by atoms with E-state index in [0.29, 0.717) is 26.9 Å². The first-order chi connectivity index (χ1) is 13.0. The van der Waals surface area contributed by atoms with Gasteiger partial charge in [0, 0.05) is 5.70 Å². The van der Waals surface area contributed by atoms with Gasteiger partial charge in [0.25, 0.3) is 0 Å². The number of rotatable bonds is 3. The predicted octanol–water partition coefficient (Wildman–Crippen LogP) is 5.28. The summed E-state index contributed by atoms with van der Waals surface area (Å²) in [4.78, 5) is 25.0. The molecule has 0 saturated heterocycles. The number of allylic oxidation sites excluding steroid dienone is 1. The number of carbonyl (C=O) groups is 2. The standard InChI is InChI=1S/C20H24Cl2N2O3/c1-12-17(19(25)27-14-7-5-3-2-4-6-8-14)18(24-20(26)23-12)13-9-10-15(21)16(22)11-13/h9-11,14,18H,2-8H2,1H3,(H2,23,24,26)/t18-/m1/s1. The summed E-state index contributed by atoms with van der Waals surface area (Å²) in [6, 6.07) is 4.07.